The van der Waals surface area contributed by atoms with Crippen molar-refractivity contribution in [2.24, 2.45) is 17.4 Å². The van der Waals surface area contributed by atoms with Gasteiger partial charge in [0.1, 0.15) is 18.6 Å². The largest absolute Gasteiger partial charge is 0.480 e. The Kier molecular flexibility index (Phi) is 14.1. The Morgan fingerprint density at radius 1 is 0.966 bits per heavy atom. The summed E-state index contributed by atoms with van der Waals surface area (Å²) in [5.41, 5.74) is 11.4. The Bertz CT molecular complexity index is 547. The number of amides is 3. The van der Waals surface area contributed by atoms with Crippen LogP contribution in [0.5, 0.6) is 0 Å². The van der Waals surface area contributed by atoms with Gasteiger partial charge in [0.25, 0.3) is 0 Å². The number of nitrogens with one attached hydrogen (secondary N) is 3. The van der Waals surface area contributed by atoms with Gasteiger partial charge in [-0.2, -0.15) is 11.8 Å². The van der Waals surface area contributed by atoms with Crippen LogP contribution in [0.25, 0.3) is 0 Å². The molecule has 0 fully saturated rings. The van der Waals surface area contributed by atoms with Crippen molar-refractivity contribution in [1.82, 2.24) is 16.0 Å². The fourth-order valence-electron chi connectivity index (χ4n) is 2.40. The highest BCUT2D eigenvalue weighted by molar-refractivity contribution is 7.98. The van der Waals surface area contributed by atoms with Gasteiger partial charge in [0.15, 0.2) is 0 Å². The summed E-state index contributed by atoms with van der Waals surface area (Å²) in [4.78, 5) is 48.0. The maximum Gasteiger partial charge on any atom is 0.322 e. The number of rotatable bonds is 15. The van der Waals surface area contributed by atoms with E-state index in [9.17, 15) is 19.2 Å². The number of nitrogens with two attached hydrogens (primary N) is 2. The Morgan fingerprint density at radius 3 is 2.07 bits per heavy atom. The third-order valence-electron chi connectivity index (χ3n) is 4.26. The number of aliphatic carboxylic acids is 1. The lowest BCUT2D eigenvalue weighted by molar-refractivity contribution is -0.138. The van der Waals surface area contributed by atoms with Crippen LogP contribution in [0.15, 0.2) is 0 Å². The van der Waals surface area contributed by atoms with E-state index in [1.807, 2.05) is 6.26 Å². The fraction of sp³-hybridized carbons (Fsp3) is 0.778. The molecule has 10 nitrogen and oxygen atoms in total. The third kappa shape index (κ3) is 11.7. The molecule has 29 heavy (non-hydrogen) atoms. The van der Waals surface area contributed by atoms with E-state index in [1.165, 1.54) is 11.8 Å². The predicted molar refractivity (Wildman–Crippen MR) is 113 cm³/mol. The summed E-state index contributed by atoms with van der Waals surface area (Å²) in [5.74, 6) is -2.22. The smallest absolute Gasteiger partial charge is 0.322 e. The minimum absolute atomic E-state index is 0.0983. The van der Waals surface area contributed by atoms with E-state index in [1.54, 1.807) is 13.8 Å². The molecule has 8 N–H and O–H groups in total. The summed E-state index contributed by atoms with van der Waals surface area (Å²) in [6.07, 6.45) is 3.84. The van der Waals surface area contributed by atoms with Gasteiger partial charge in [0.05, 0.1) is 6.04 Å². The third-order valence-corrected chi connectivity index (χ3v) is 4.90. The normalized spacial score (nSPS) is 14.0. The van der Waals surface area contributed by atoms with Crippen LogP contribution in [-0.2, 0) is 19.2 Å². The Morgan fingerprint density at radius 2 is 1.55 bits per heavy atom. The van der Waals surface area contributed by atoms with E-state index in [2.05, 4.69) is 16.0 Å². The molecule has 0 rings (SSSR count). The molecule has 168 valence electrons. The van der Waals surface area contributed by atoms with Gasteiger partial charge in [-0.05, 0) is 50.2 Å². The van der Waals surface area contributed by atoms with Crippen molar-refractivity contribution in [3.05, 3.63) is 0 Å². The summed E-state index contributed by atoms with van der Waals surface area (Å²) in [7, 11) is 0. The van der Waals surface area contributed by atoms with Gasteiger partial charge < -0.3 is 32.5 Å². The molecule has 0 heterocycles. The summed E-state index contributed by atoms with van der Waals surface area (Å²) in [6, 6.07) is -2.52. The Hall–Kier alpha value is -1.85. The van der Waals surface area contributed by atoms with Gasteiger partial charge in [-0.25, -0.2) is 0 Å². The second-order valence-electron chi connectivity index (χ2n) is 7.07. The first kappa shape index (κ1) is 27.1. The second kappa shape index (κ2) is 15.1. The van der Waals surface area contributed by atoms with Crippen LogP contribution in [0.3, 0.4) is 0 Å². The van der Waals surface area contributed by atoms with Gasteiger partial charge in [-0.1, -0.05) is 13.8 Å². The average molecular weight is 434 g/mol. The number of carbonyl (C=O) groups excluding carboxylic acids is 3. The van der Waals surface area contributed by atoms with Crippen LogP contribution in [0, 0.1) is 5.92 Å². The zero-order valence-corrected chi connectivity index (χ0v) is 18.2. The van der Waals surface area contributed by atoms with Crippen molar-refractivity contribution >= 4 is 35.5 Å². The van der Waals surface area contributed by atoms with E-state index >= 15 is 0 Å². The monoisotopic (exact) mass is 433 g/mol. The lowest BCUT2D eigenvalue weighted by atomic mass is 10.0. The highest BCUT2D eigenvalue weighted by Gasteiger charge is 2.28. The fourth-order valence-corrected chi connectivity index (χ4v) is 2.87. The summed E-state index contributed by atoms with van der Waals surface area (Å²) >= 11 is 1.49. The maximum atomic E-state index is 12.8. The van der Waals surface area contributed by atoms with Crippen LogP contribution in [-0.4, -0.2) is 72.0 Å². The molecule has 0 bridgehead atoms. The van der Waals surface area contributed by atoms with Crippen molar-refractivity contribution in [3.8, 4) is 0 Å². The van der Waals surface area contributed by atoms with E-state index in [0.717, 1.165) is 0 Å². The molecule has 3 atom stereocenters. The van der Waals surface area contributed by atoms with Gasteiger partial charge in [-0.3, -0.25) is 19.2 Å². The van der Waals surface area contributed by atoms with E-state index in [0.29, 0.717) is 38.0 Å². The number of thioether (sulfide) groups is 1. The standard InChI is InChI=1S/C18H35N5O5S/c1-11(2)15(20)18(28)23-12(6-4-5-8-19)17(27)22-13(7-9-29-3)16(26)21-10-14(24)25/h11-13,15H,4-10,19-20H2,1-3H3,(H,21,26)(H,22,27)(H,23,28)(H,24,25). The highest BCUT2D eigenvalue weighted by Crippen LogP contribution is 2.06. The number of hydrogen-bond donors (Lipinski definition) is 6. The first-order chi connectivity index (χ1) is 13.6. The zero-order valence-electron chi connectivity index (χ0n) is 17.4. The molecular formula is C18H35N5O5S. The second-order valence-corrected chi connectivity index (χ2v) is 8.06. The molecule has 11 heteroatoms. The molecular weight excluding hydrogens is 398 g/mol. The highest BCUT2D eigenvalue weighted by atomic mass is 32.2. The number of hydrogen-bond acceptors (Lipinski definition) is 7. The molecule has 0 aliphatic carbocycles. The van der Waals surface area contributed by atoms with Gasteiger partial charge in [0.2, 0.25) is 17.7 Å². The molecule has 0 aromatic carbocycles. The van der Waals surface area contributed by atoms with Crippen molar-refractivity contribution in [2.45, 2.75) is 57.7 Å². The number of carboxylic acids is 1. The summed E-state index contributed by atoms with van der Waals surface area (Å²) in [6.45, 7) is 3.53. The summed E-state index contributed by atoms with van der Waals surface area (Å²) in [5, 5.41) is 16.3. The Labute approximate surface area is 176 Å². The molecule has 0 radical (unpaired) electrons. The molecule has 0 spiro atoms. The number of unbranched alkanes of at least 4 members (excludes halogenated alkanes) is 1. The van der Waals surface area contributed by atoms with Gasteiger partial charge >= 0.3 is 5.97 Å². The van der Waals surface area contributed by atoms with Crippen LogP contribution in [0.4, 0.5) is 0 Å². The molecule has 0 saturated carbocycles. The molecule has 0 aromatic rings. The van der Waals surface area contributed by atoms with Gasteiger partial charge in [0, 0.05) is 0 Å². The molecule has 3 amide bonds. The van der Waals surface area contributed by atoms with Crippen LogP contribution >= 0.6 is 11.8 Å². The van der Waals surface area contributed by atoms with E-state index in [-0.39, 0.29) is 5.92 Å². The first-order valence-electron chi connectivity index (χ1n) is 9.68. The molecule has 3 unspecified atom stereocenters. The molecule has 0 aromatic heterocycles. The van der Waals surface area contributed by atoms with Crippen LogP contribution in [0.1, 0.15) is 39.5 Å². The van der Waals surface area contributed by atoms with Crippen molar-refractivity contribution in [2.75, 3.05) is 25.1 Å². The van der Waals surface area contributed by atoms with Crippen molar-refractivity contribution < 1.29 is 24.3 Å². The minimum Gasteiger partial charge on any atom is -0.480 e. The predicted octanol–water partition coefficient (Wildman–Crippen LogP) is -0.978. The quantitative estimate of drug-likeness (QED) is 0.179. The topological polar surface area (TPSA) is 177 Å². The van der Waals surface area contributed by atoms with E-state index in [4.69, 9.17) is 16.6 Å². The van der Waals surface area contributed by atoms with Crippen molar-refractivity contribution in [3.63, 3.8) is 0 Å². The number of carboxylic acid groups (broad SMARTS) is 1. The van der Waals surface area contributed by atoms with Crippen molar-refractivity contribution in [1.29, 1.82) is 0 Å². The molecule has 0 aliphatic heterocycles. The van der Waals surface area contributed by atoms with Crippen LogP contribution < -0.4 is 27.4 Å². The van der Waals surface area contributed by atoms with Gasteiger partial charge in [-0.15, -0.1) is 0 Å². The zero-order chi connectivity index (χ0) is 22.4. The lowest BCUT2D eigenvalue weighted by Gasteiger charge is -2.25. The van der Waals surface area contributed by atoms with E-state index < -0.39 is 48.4 Å². The Balaban J connectivity index is 5.18. The first-order valence-corrected chi connectivity index (χ1v) is 11.1. The molecule has 0 saturated heterocycles. The minimum atomic E-state index is -1.18. The SMILES string of the molecule is CSCCC(NC(=O)C(CCCCN)NC(=O)C(N)C(C)C)C(=O)NCC(=O)O. The average Bonchev–Trinajstić information content (AvgIpc) is 2.67. The lowest BCUT2D eigenvalue weighted by Crippen LogP contribution is -2.56. The molecule has 0 aliphatic rings. The van der Waals surface area contributed by atoms with Crippen LogP contribution in [0.2, 0.25) is 0 Å². The maximum absolute atomic E-state index is 12.8. The number of carbonyl (C=O) groups is 4. The summed E-state index contributed by atoms with van der Waals surface area (Å²) < 4.78 is 0.